The van der Waals surface area contributed by atoms with Gasteiger partial charge in [-0.3, -0.25) is 24.7 Å². The molecule has 6 aliphatic rings. The summed E-state index contributed by atoms with van der Waals surface area (Å²) in [7, 11) is 0. The molecule has 3 amide bonds. The maximum Gasteiger partial charge on any atom is 0.415 e. The second kappa shape index (κ2) is 15.7. The number of rotatable bonds is 7. The van der Waals surface area contributed by atoms with E-state index in [1.54, 1.807) is 4.90 Å². The summed E-state index contributed by atoms with van der Waals surface area (Å²) in [6, 6.07) is 17.6. The fourth-order valence-electron chi connectivity index (χ4n) is 10.2. The number of carbonyl (C=O) groups is 3. The van der Waals surface area contributed by atoms with Crippen LogP contribution in [0.3, 0.4) is 0 Å². The zero-order valence-corrected chi connectivity index (χ0v) is 36.2. The Morgan fingerprint density at radius 3 is 2.42 bits per heavy atom. The van der Waals surface area contributed by atoms with E-state index in [4.69, 9.17) is 14.5 Å². The third-order valence-corrected chi connectivity index (χ3v) is 13.6. The second-order valence-electron chi connectivity index (χ2n) is 19.0. The maximum atomic E-state index is 13.2. The van der Waals surface area contributed by atoms with Gasteiger partial charge in [-0.2, -0.15) is 0 Å². The Labute approximate surface area is 362 Å². The highest BCUT2D eigenvalue weighted by molar-refractivity contribution is 6.01. The number of nitrogens with one attached hydrogen (secondary N) is 2. The Morgan fingerprint density at radius 1 is 0.887 bits per heavy atom. The van der Waals surface area contributed by atoms with Crippen LogP contribution < -0.4 is 35.0 Å². The van der Waals surface area contributed by atoms with Crippen molar-refractivity contribution in [2.24, 2.45) is 5.41 Å². The number of carbonyl (C=O) groups excluding carboxylic acids is 3. The summed E-state index contributed by atoms with van der Waals surface area (Å²) in [5, 5.41) is 5.92. The predicted molar refractivity (Wildman–Crippen MR) is 238 cm³/mol. The van der Waals surface area contributed by atoms with Crippen LogP contribution in [0.5, 0.6) is 5.88 Å². The number of ether oxygens (including phenoxy) is 2. The van der Waals surface area contributed by atoms with Crippen LogP contribution in [-0.4, -0.2) is 108 Å². The molecule has 2 N–H and O–H groups in total. The molecule has 10 rings (SSSR count). The summed E-state index contributed by atoms with van der Waals surface area (Å²) in [4.78, 5) is 63.0. The number of fused-ring (bicyclic) bond motifs is 2. The lowest BCUT2D eigenvalue weighted by atomic mass is 9.86. The number of pyridine rings is 1. The third kappa shape index (κ3) is 7.86. The van der Waals surface area contributed by atoms with Gasteiger partial charge in [-0.25, -0.2) is 19.7 Å². The summed E-state index contributed by atoms with van der Waals surface area (Å²) in [5.74, 6) is 0.404. The maximum absolute atomic E-state index is 13.2. The molecule has 2 aromatic heterocycles. The number of nitrogens with zero attached hydrogens (tertiary/aromatic N) is 8. The highest BCUT2D eigenvalue weighted by atomic mass is 16.6. The van der Waals surface area contributed by atoms with Crippen molar-refractivity contribution >= 4 is 52.3 Å². The van der Waals surface area contributed by atoms with Crippen LogP contribution in [0.4, 0.5) is 39.2 Å². The van der Waals surface area contributed by atoms with Crippen molar-refractivity contribution in [3.8, 4) is 5.88 Å². The number of amides is 3. The molecule has 62 heavy (non-hydrogen) atoms. The molecule has 4 saturated heterocycles. The number of hydrogen-bond donors (Lipinski definition) is 2. The van der Waals surface area contributed by atoms with Crippen LogP contribution in [0, 0.1) is 12.3 Å². The molecule has 0 radical (unpaired) electrons. The minimum absolute atomic E-state index is 0.177. The first-order valence-corrected chi connectivity index (χ1v) is 22.1. The van der Waals surface area contributed by atoms with Crippen molar-refractivity contribution in [3.63, 3.8) is 0 Å². The second-order valence-corrected chi connectivity index (χ2v) is 19.0. The van der Waals surface area contributed by atoms with Gasteiger partial charge >= 0.3 is 6.09 Å². The predicted octanol–water partition coefficient (Wildman–Crippen LogP) is 5.93. The molecule has 2 unspecified atom stereocenters. The van der Waals surface area contributed by atoms with Gasteiger partial charge in [0.2, 0.25) is 23.6 Å². The smallest absolute Gasteiger partial charge is 0.415 e. The van der Waals surface area contributed by atoms with E-state index in [2.05, 4.69) is 88.7 Å². The molecule has 1 spiro atoms. The Kier molecular flexibility index (Phi) is 10.2. The molecule has 15 heteroatoms. The van der Waals surface area contributed by atoms with Crippen LogP contribution in [0.25, 0.3) is 0 Å². The molecule has 15 nitrogen and oxygen atoms in total. The van der Waals surface area contributed by atoms with Crippen molar-refractivity contribution in [1.82, 2.24) is 25.2 Å². The molecule has 0 aliphatic carbocycles. The zero-order valence-electron chi connectivity index (χ0n) is 36.2. The van der Waals surface area contributed by atoms with Crippen LogP contribution in [0.2, 0.25) is 0 Å². The summed E-state index contributed by atoms with van der Waals surface area (Å²) in [6.45, 7) is 16.2. The van der Waals surface area contributed by atoms with Gasteiger partial charge in [-0.1, -0.05) is 12.1 Å². The van der Waals surface area contributed by atoms with Gasteiger partial charge in [0, 0.05) is 86.0 Å². The van der Waals surface area contributed by atoms with Crippen LogP contribution in [0.1, 0.15) is 74.8 Å². The van der Waals surface area contributed by atoms with Crippen molar-refractivity contribution in [1.29, 1.82) is 0 Å². The number of aromatic nitrogens is 3. The number of likely N-dealkylation sites (tertiary alicyclic amines) is 1. The first kappa shape index (κ1) is 40.1. The number of hydrogen-bond acceptors (Lipinski definition) is 13. The zero-order chi connectivity index (χ0) is 42.8. The van der Waals surface area contributed by atoms with E-state index < -0.39 is 11.7 Å². The van der Waals surface area contributed by atoms with Gasteiger partial charge in [0.05, 0.1) is 36.6 Å². The minimum Gasteiger partial charge on any atom is -0.474 e. The van der Waals surface area contributed by atoms with Crippen molar-refractivity contribution in [2.75, 3.05) is 83.9 Å². The molecule has 0 bridgehead atoms. The average Bonchev–Trinajstić information content (AvgIpc) is 3.85. The Bertz CT molecular complexity index is 2380. The first-order valence-electron chi connectivity index (χ1n) is 22.1. The summed E-state index contributed by atoms with van der Waals surface area (Å²) in [6.07, 6.45) is 7.58. The fraction of sp³-hybridized carbons (Fsp3) is 0.489. The quantitative estimate of drug-likeness (QED) is 0.212. The molecule has 8 heterocycles. The van der Waals surface area contributed by atoms with E-state index in [0.717, 1.165) is 86.0 Å². The molecule has 324 valence electrons. The summed E-state index contributed by atoms with van der Waals surface area (Å²) >= 11 is 0. The molecule has 4 fully saturated rings. The SMILES string of the molecule is Cc1c(N2CCc3cnc(Nc4ccc(N5CCC6(CCN(C7CN(c8ccc(C9CCC(=O)NC9=O)cc8)C7)C6)C5)cc4)nc3C2)cnc2c1N(C(=O)OC(C)(C)C)CCO2. The lowest BCUT2D eigenvalue weighted by molar-refractivity contribution is -0.134. The van der Waals surface area contributed by atoms with Gasteiger partial charge in [0.15, 0.2) is 0 Å². The fourth-order valence-corrected chi connectivity index (χ4v) is 10.2. The summed E-state index contributed by atoms with van der Waals surface area (Å²) < 4.78 is 11.6. The van der Waals surface area contributed by atoms with E-state index in [-0.39, 0.29) is 17.7 Å². The topological polar surface area (TPSA) is 149 Å². The third-order valence-electron chi connectivity index (χ3n) is 13.6. The van der Waals surface area contributed by atoms with Gasteiger partial charge in [0.1, 0.15) is 17.9 Å². The molecule has 2 atom stereocenters. The van der Waals surface area contributed by atoms with E-state index in [1.807, 2.05) is 40.1 Å². The average molecular weight is 841 g/mol. The van der Waals surface area contributed by atoms with E-state index in [9.17, 15) is 14.4 Å². The Hall–Kier alpha value is -5.96. The number of piperidine rings is 1. The lowest BCUT2D eigenvalue weighted by Crippen LogP contribution is -2.59. The van der Waals surface area contributed by atoms with Crippen LogP contribution in [-0.2, 0) is 27.3 Å². The van der Waals surface area contributed by atoms with E-state index >= 15 is 0 Å². The van der Waals surface area contributed by atoms with Crippen molar-refractivity contribution in [3.05, 3.63) is 83.3 Å². The van der Waals surface area contributed by atoms with Crippen LogP contribution >= 0.6 is 0 Å². The largest absolute Gasteiger partial charge is 0.474 e. The van der Waals surface area contributed by atoms with E-state index in [0.29, 0.717) is 61.5 Å². The number of benzene rings is 2. The monoisotopic (exact) mass is 840 g/mol. The number of anilines is 6. The van der Waals surface area contributed by atoms with Crippen molar-refractivity contribution in [2.45, 2.75) is 83.9 Å². The summed E-state index contributed by atoms with van der Waals surface area (Å²) in [5.41, 5.74) is 8.69. The highest BCUT2D eigenvalue weighted by Crippen LogP contribution is 2.44. The van der Waals surface area contributed by atoms with Gasteiger partial charge in [-0.15, -0.1) is 0 Å². The molecule has 6 aliphatic heterocycles. The first-order chi connectivity index (χ1) is 29.9. The molecular weight excluding hydrogens is 785 g/mol. The van der Waals surface area contributed by atoms with Crippen molar-refractivity contribution < 1.29 is 23.9 Å². The Balaban J connectivity index is 0.728. The highest BCUT2D eigenvalue weighted by Gasteiger charge is 2.47. The number of imide groups is 1. The lowest BCUT2D eigenvalue weighted by Gasteiger charge is -2.46. The minimum atomic E-state index is -0.614. The normalized spacial score (nSPS) is 22.9. The molecule has 0 saturated carbocycles. The standard InChI is InChI=1S/C47H56N10O5/c1-30-39(24-48-43-41(30)57(21-22-61-43)45(60)62-46(2,3)4)53-18-15-32-23-49-44(51-38(32)27-53)50-33-7-11-34(12-8-33)54-19-16-47(28-54)17-20-55(29-47)36-25-56(26-36)35-9-5-31(6-10-35)37-13-14-40(58)52-42(37)59/h5-12,23-24,36-37H,13-22,25-29H2,1-4H3,(H,49,50,51)(H,52,58,59). The van der Waals surface area contributed by atoms with Crippen LogP contribution in [0.15, 0.2) is 60.9 Å². The molecular formula is C47H56N10O5. The molecule has 2 aromatic carbocycles. The Morgan fingerprint density at radius 2 is 1.65 bits per heavy atom. The van der Waals surface area contributed by atoms with E-state index in [1.165, 1.54) is 24.2 Å². The van der Waals surface area contributed by atoms with Gasteiger partial charge < -0.3 is 29.5 Å². The van der Waals surface area contributed by atoms with Gasteiger partial charge in [-0.05, 0) is 107 Å². The van der Waals surface area contributed by atoms with Gasteiger partial charge in [0.25, 0.3) is 0 Å². The molecule has 4 aromatic rings.